The first-order valence-corrected chi connectivity index (χ1v) is 5.38. The van der Waals surface area contributed by atoms with E-state index in [1.807, 2.05) is 0 Å². The molecule has 0 bridgehead atoms. The van der Waals surface area contributed by atoms with Crippen molar-refractivity contribution in [3.63, 3.8) is 0 Å². The fourth-order valence-corrected chi connectivity index (χ4v) is 1.65. The van der Waals surface area contributed by atoms with Gasteiger partial charge in [-0.05, 0) is 18.2 Å². The number of esters is 1. The molecular formula is C12H12ClFN2O2. The van der Waals surface area contributed by atoms with Crippen molar-refractivity contribution in [1.82, 2.24) is 5.32 Å². The second-order valence-electron chi connectivity index (χ2n) is 3.34. The van der Waals surface area contributed by atoms with E-state index in [1.54, 1.807) is 7.05 Å². The van der Waals surface area contributed by atoms with Crippen molar-refractivity contribution in [2.45, 2.75) is 0 Å². The Labute approximate surface area is 109 Å². The first kappa shape index (κ1) is 14.2. The molecule has 0 aliphatic rings. The number of allylic oxidation sites excluding steroid dienone is 1. The van der Waals surface area contributed by atoms with Crippen molar-refractivity contribution in [1.29, 1.82) is 5.41 Å². The van der Waals surface area contributed by atoms with Gasteiger partial charge in [-0.25, -0.2) is 9.18 Å². The van der Waals surface area contributed by atoms with Gasteiger partial charge in [0.1, 0.15) is 5.82 Å². The predicted molar refractivity (Wildman–Crippen MR) is 68.4 cm³/mol. The summed E-state index contributed by atoms with van der Waals surface area (Å²) in [6.45, 7) is 0. The average Bonchev–Trinajstić information content (AvgIpc) is 2.37. The zero-order valence-corrected chi connectivity index (χ0v) is 10.6. The van der Waals surface area contributed by atoms with Gasteiger partial charge in [0.25, 0.3) is 0 Å². The second kappa shape index (κ2) is 6.16. The molecule has 0 saturated carbocycles. The molecule has 0 unspecified atom stereocenters. The van der Waals surface area contributed by atoms with Crippen molar-refractivity contribution in [2.75, 3.05) is 14.2 Å². The predicted octanol–water partition coefficient (Wildman–Crippen LogP) is 2.39. The van der Waals surface area contributed by atoms with E-state index in [4.69, 9.17) is 17.0 Å². The van der Waals surface area contributed by atoms with Gasteiger partial charge in [-0.3, -0.25) is 0 Å². The summed E-state index contributed by atoms with van der Waals surface area (Å²) in [4.78, 5) is 11.4. The van der Waals surface area contributed by atoms with Crippen LogP contribution in [0, 0.1) is 11.2 Å². The van der Waals surface area contributed by atoms with Gasteiger partial charge in [0.2, 0.25) is 0 Å². The van der Waals surface area contributed by atoms with E-state index in [-0.39, 0.29) is 10.6 Å². The SMILES string of the molecule is CN/C(=C(/Cl)C=N)c1cc(F)cc(C(=O)OC)c1. The van der Waals surface area contributed by atoms with Gasteiger partial charge in [0.15, 0.2) is 0 Å². The van der Waals surface area contributed by atoms with Crippen LogP contribution in [-0.2, 0) is 4.74 Å². The van der Waals surface area contributed by atoms with Crippen molar-refractivity contribution in [3.8, 4) is 0 Å². The third-order valence-corrected chi connectivity index (χ3v) is 2.52. The molecule has 0 heterocycles. The molecule has 4 nitrogen and oxygen atoms in total. The minimum atomic E-state index is -0.642. The van der Waals surface area contributed by atoms with Crippen LogP contribution in [0.25, 0.3) is 5.70 Å². The molecule has 2 N–H and O–H groups in total. The molecule has 0 aliphatic heterocycles. The summed E-state index contributed by atoms with van der Waals surface area (Å²) < 4.78 is 18.0. The average molecular weight is 271 g/mol. The minimum absolute atomic E-state index is 0.0784. The van der Waals surface area contributed by atoms with Crippen molar-refractivity contribution >= 4 is 29.5 Å². The molecule has 0 spiro atoms. The number of halogens is 2. The van der Waals surface area contributed by atoms with E-state index >= 15 is 0 Å². The van der Waals surface area contributed by atoms with E-state index in [1.165, 1.54) is 19.2 Å². The van der Waals surface area contributed by atoms with Crippen molar-refractivity contribution in [3.05, 3.63) is 40.2 Å². The lowest BCUT2D eigenvalue weighted by molar-refractivity contribution is 0.0600. The summed E-state index contributed by atoms with van der Waals surface area (Å²) in [6, 6.07) is 3.72. The molecule has 0 aliphatic carbocycles. The first-order chi connectivity index (χ1) is 8.53. The fourth-order valence-electron chi connectivity index (χ4n) is 1.44. The zero-order chi connectivity index (χ0) is 13.7. The van der Waals surface area contributed by atoms with Crippen LogP contribution >= 0.6 is 11.6 Å². The molecule has 18 heavy (non-hydrogen) atoms. The number of ether oxygens (including phenoxy) is 1. The Kier molecular flexibility index (Phi) is 4.85. The van der Waals surface area contributed by atoms with Crippen LogP contribution < -0.4 is 5.32 Å². The highest BCUT2D eigenvalue weighted by molar-refractivity contribution is 6.42. The maximum absolute atomic E-state index is 13.4. The molecule has 0 fully saturated rings. The number of methoxy groups -OCH3 is 1. The monoisotopic (exact) mass is 270 g/mol. The zero-order valence-electron chi connectivity index (χ0n) is 9.88. The standard InChI is InChI=1S/C12H12ClFN2O2/c1-16-11(10(13)6-15)7-3-8(12(17)18-2)5-9(14)4-7/h3-6,15-16H,1-2H3/b11-10+,15-6?. The highest BCUT2D eigenvalue weighted by atomic mass is 35.5. The Morgan fingerprint density at radius 3 is 2.56 bits per heavy atom. The van der Waals surface area contributed by atoms with E-state index in [0.29, 0.717) is 11.3 Å². The number of hydrogen-bond donors (Lipinski definition) is 2. The molecule has 1 rings (SSSR count). The summed E-state index contributed by atoms with van der Waals surface area (Å²) in [5.74, 6) is -1.23. The molecule has 96 valence electrons. The highest BCUT2D eigenvalue weighted by Crippen LogP contribution is 2.20. The number of rotatable bonds is 4. The van der Waals surface area contributed by atoms with E-state index in [2.05, 4.69) is 10.1 Å². The Bertz CT molecular complexity index is 515. The molecule has 0 radical (unpaired) electrons. The van der Waals surface area contributed by atoms with Gasteiger partial charge in [-0.1, -0.05) is 11.6 Å². The molecule has 0 amide bonds. The van der Waals surface area contributed by atoms with E-state index in [0.717, 1.165) is 12.3 Å². The molecule has 0 aromatic heterocycles. The Morgan fingerprint density at radius 2 is 2.06 bits per heavy atom. The lowest BCUT2D eigenvalue weighted by atomic mass is 10.1. The quantitative estimate of drug-likeness (QED) is 0.652. The fraction of sp³-hybridized carbons (Fsp3) is 0.167. The lowest BCUT2D eigenvalue weighted by Crippen LogP contribution is -2.09. The van der Waals surface area contributed by atoms with Crippen LogP contribution in [0.5, 0.6) is 0 Å². The third kappa shape index (κ3) is 3.07. The topological polar surface area (TPSA) is 62.2 Å². The summed E-state index contributed by atoms with van der Waals surface area (Å²) in [5, 5.41) is 9.95. The summed E-state index contributed by atoms with van der Waals surface area (Å²) in [7, 11) is 2.80. The van der Waals surface area contributed by atoms with Gasteiger partial charge in [0.05, 0.1) is 23.4 Å². The van der Waals surface area contributed by atoms with Crippen LogP contribution in [0.1, 0.15) is 15.9 Å². The minimum Gasteiger partial charge on any atom is -0.465 e. The Morgan fingerprint density at radius 1 is 1.44 bits per heavy atom. The van der Waals surface area contributed by atoms with Crippen LogP contribution in [0.3, 0.4) is 0 Å². The third-order valence-electron chi connectivity index (χ3n) is 2.22. The van der Waals surface area contributed by atoms with Crippen LogP contribution in [-0.4, -0.2) is 26.3 Å². The number of hydrogen-bond acceptors (Lipinski definition) is 4. The number of carbonyl (C=O) groups is 1. The molecule has 0 atom stereocenters. The van der Waals surface area contributed by atoms with Gasteiger partial charge in [-0.15, -0.1) is 0 Å². The first-order valence-electron chi connectivity index (χ1n) is 5.00. The van der Waals surface area contributed by atoms with Crippen LogP contribution in [0.15, 0.2) is 23.2 Å². The second-order valence-corrected chi connectivity index (χ2v) is 3.74. The molecule has 1 aromatic carbocycles. The van der Waals surface area contributed by atoms with Crippen molar-refractivity contribution in [2.24, 2.45) is 0 Å². The maximum Gasteiger partial charge on any atom is 0.337 e. The summed E-state index contributed by atoms with van der Waals surface area (Å²) in [5.41, 5.74) is 0.803. The van der Waals surface area contributed by atoms with Gasteiger partial charge >= 0.3 is 5.97 Å². The van der Waals surface area contributed by atoms with Gasteiger partial charge in [0, 0.05) is 18.8 Å². The maximum atomic E-state index is 13.4. The smallest absolute Gasteiger partial charge is 0.337 e. The summed E-state index contributed by atoms with van der Waals surface area (Å²) in [6.07, 6.45) is 0.927. The van der Waals surface area contributed by atoms with Gasteiger partial charge < -0.3 is 15.5 Å². The lowest BCUT2D eigenvalue weighted by Gasteiger charge is -2.10. The normalized spacial score (nSPS) is 11.6. The van der Waals surface area contributed by atoms with Gasteiger partial charge in [-0.2, -0.15) is 0 Å². The number of carbonyl (C=O) groups excluding carboxylic acids is 1. The highest BCUT2D eigenvalue weighted by Gasteiger charge is 2.12. The number of nitrogens with one attached hydrogen (secondary N) is 2. The molecule has 1 aromatic rings. The molecule has 0 saturated heterocycles. The van der Waals surface area contributed by atoms with E-state index in [9.17, 15) is 9.18 Å². The Balaban J connectivity index is 3.37. The largest absolute Gasteiger partial charge is 0.465 e. The molecular weight excluding hydrogens is 259 g/mol. The Hall–Kier alpha value is -1.88. The summed E-state index contributed by atoms with van der Waals surface area (Å²) >= 11 is 5.82. The van der Waals surface area contributed by atoms with Crippen LogP contribution in [0.2, 0.25) is 0 Å². The van der Waals surface area contributed by atoms with E-state index < -0.39 is 11.8 Å². The van der Waals surface area contributed by atoms with Crippen molar-refractivity contribution < 1.29 is 13.9 Å². The number of benzene rings is 1. The van der Waals surface area contributed by atoms with Crippen LogP contribution in [0.4, 0.5) is 4.39 Å². The molecule has 6 heteroatoms.